The van der Waals surface area contributed by atoms with Crippen LogP contribution in [0.3, 0.4) is 0 Å². The van der Waals surface area contributed by atoms with Gasteiger partial charge in [-0.1, -0.05) is 56.1 Å². The summed E-state index contributed by atoms with van der Waals surface area (Å²) >= 11 is 1.59. The average Bonchev–Trinajstić information content (AvgIpc) is 3.25. The molecule has 1 aromatic carbocycles. The molecule has 0 unspecified atom stereocenters. The molecule has 1 atom stereocenters. The summed E-state index contributed by atoms with van der Waals surface area (Å²) in [6.45, 7) is 2.20. The summed E-state index contributed by atoms with van der Waals surface area (Å²) in [4.78, 5) is 17.7. The Balaban J connectivity index is 1.63. The van der Waals surface area contributed by atoms with Crippen molar-refractivity contribution in [1.82, 2.24) is 10.3 Å². The molecule has 0 saturated heterocycles. The highest BCUT2D eigenvalue weighted by atomic mass is 32.2. The highest BCUT2D eigenvalue weighted by Crippen LogP contribution is 2.22. The van der Waals surface area contributed by atoms with E-state index in [2.05, 4.69) is 12.2 Å². The lowest BCUT2D eigenvalue weighted by Crippen LogP contribution is -2.52. The molecule has 1 amide bonds. The van der Waals surface area contributed by atoms with Crippen molar-refractivity contribution < 1.29 is 9.21 Å². The highest BCUT2D eigenvalue weighted by Gasteiger charge is 2.32. The summed E-state index contributed by atoms with van der Waals surface area (Å²) in [5, 5.41) is 11.6. The van der Waals surface area contributed by atoms with E-state index in [-0.39, 0.29) is 5.91 Å². The number of amides is 1. The minimum atomic E-state index is -0.410. The van der Waals surface area contributed by atoms with E-state index in [0.29, 0.717) is 10.9 Å². The SMILES string of the molecule is CCCCCCSC1=NN2C(=c3ccccc3=N[C@H]2/C=C/c2ccco2)C(=O)N1. The van der Waals surface area contributed by atoms with Crippen LogP contribution in [0, 0.1) is 0 Å². The van der Waals surface area contributed by atoms with E-state index in [1.165, 1.54) is 19.3 Å². The maximum absolute atomic E-state index is 12.9. The fourth-order valence-electron chi connectivity index (χ4n) is 3.31. The highest BCUT2D eigenvalue weighted by molar-refractivity contribution is 8.13. The third-order valence-electron chi connectivity index (χ3n) is 4.76. The van der Waals surface area contributed by atoms with Crippen LogP contribution < -0.4 is 15.9 Å². The number of nitrogens with zero attached hydrogens (tertiary/aromatic N) is 3. The zero-order valence-electron chi connectivity index (χ0n) is 16.4. The van der Waals surface area contributed by atoms with Crippen LogP contribution in [0.4, 0.5) is 0 Å². The molecule has 29 heavy (non-hydrogen) atoms. The molecular weight excluding hydrogens is 384 g/mol. The molecule has 0 aliphatic carbocycles. The van der Waals surface area contributed by atoms with Gasteiger partial charge in [0.15, 0.2) is 11.3 Å². The minimum absolute atomic E-state index is 0.144. The van der Waals surface area contributed by atoms with Gasteiger partial charge in [0.05, 0.1) is 11.6 Å². The topological polar surface area (TPSA) is 70.2 Å². The first-order valence-electron chi connectivity index (χ1n) is 9.97. The first-order chi connectivity index (χ1) is 14.3. The lowest BCUT2D eigenvalue weighted by atomic mass is 10.1. The summed E-state index contributed by atoms with van der Waals surface area (Å²) in [5.41, 5.74) is 0.528. The number of hydrazone groups is 1. The van der Waals surface area contributed by atoms with Crippen LogP contribution in [0.1, 0.15) is 38.4 Å². The van der Waals surface area contributed by atoms with E-state index in [1.807, 2.05) is 48.6 Å². The second-order valence-electron chi connectivity index (χ2n) is 6.90. The third kappa shape index (κ3) is 4.45. The van der Waals surface area contributed by atoms with E-state index < -0.39 is 6.17 Å². The number of carbonyl (C=O) groups excluding carboxylic acids is 1. The van der Waals surface area contributed by atoms with Gasteiger partial charge in [0.2, 0.25) is 0 Å². The largest absolute Gasteiger partial charge is 0.465 e. The first kappa shape index (κ1) is 19.5. The number of para-hydroxylation sites is 1. The second kappa shape index (κ2) is 9.13. The molecule has 0 fully saturated rings. The summed E-state index contributed by atoms with van der Waals surface area (Å²) in [6, 6.07) is 11.4. The fraction of sp³-hybridized carbons (Fsp3) is 0.318. The predicted molar refractivity (Wildman–Crippen MR) is 116 cm³/mol. The fourth-order valence-corrected chi connectivity index (χ4v) is 4.16. The molecule has 0 radical (unpaired) electrons. The quantitative estimate of drug-likeness (QED) is 0.715. The van der Waals surface area contributed by atoms with Crippen LogP contribution in [-0.4, -0.2) is 28.0 Å². The van der Waals surface area contributed by atoms with Gasteiger partial charge in [0, 0.05) is 11.0 Å². The van der Waals surface area contributed by atoms with Gasteiger partial charge in [-0.15, -0.1) is 5.10 Å². The molecule has 2 aliphatic rings. The number of unbranched alkanes of at least 4 members (excludes halogenated alkanes) is 3. The second-order valence-corrected chi connectivity index (χ2v) is 7.98. The van der Waals surface area contributed by atoms with E-state index >= 15 is 0 Å². The van der Waals surface area contributed by atoms with Crippen LogP contribution in [0.25, 0.3) is 11.8 Å². The minimum Gasteiger partial charge on any atom is -0.465 e. The third-order valence-corrected chi connectivity index (χ3v) is 5.71. The van der Waals surface area contributed by atoms with E-state index in [9.17, 15) is 4.79 Å². The van der Waals surface area contributed by atoms with Crippen molar-refractivity contribution in [2.24, 2.45) is 10.1 Å². The Hall–Kier alpha value is -2.80. The molecule has 3 heterocycles. The molecule has 0 bridgehead atoms. The predicted octanol–water partition coefficient (Wildman–Crippen LogP) is 3.08. The number of benzene rings is 1. The monoisotopic (exact) mass is 408 g/mol. The van der Waals surface area contributed by atoms with E-state index in [1.54, 1.807) is 23.0 Å². The molecule has 1 aromatic heterocycles. The lowest BCUT2D eigenvalue weighted by molar-refractivity contribution is -0.116. The number of nitrogens with one attached hydrogen (secondary N) is 1. The van der Waals surface area contributed by atoms with Crippen LogP contribution in [-0.2, 0) is 4.79 Å². The van der Waals surface area contributed by atoms with E-state index in [4.69, 9.17) is 14.5 Å². The lowest BCUT2D eigenvalue weighted by Gasteiger charge is -2.32. The first-order valence-corrected chi connectivity index (χ1v) is 11.0. The number of amidine groups is 1. The van der Waals surface area contributed by atoms with Crippen LogP contribution in [0.2, 0.25) is 0 Å². The molecule has 1 N–H and O–H groups in total. The van der Waals surface area contributed by atoms with Gasteiger partial charge in [-0.3, -0.25) is 15.1 Å². The van der Waals surface area contributed by atoms with Crippen molar-refractivity contribution in [1.29, 1.82) is 0 Å². The Morgan fingerprint density at radius 1 is 1.21 bits per heavy atom. The summed E-state index contributed by atoms with van der Waals surface area (Å²) < 4.78 is 5.38. The number of carbonyl (C=O) groups is 1. The zero-order valence-corrected chi connectivity index (χ0v) is 17.2. The van der Waals surface area contributed by atoms with Gasteiger partial charge < -0.3 is 4.42 Å². The Morgan fingerprint density at radius 2 is 2.10 bits per heavy atom. The van der Waals surface area contributed by atoms with Crippen molar-refractivity contribution in [3.8, 4) is 0 Å². The molecule has 4 rings (SSSR count). The van der Waals surface area contributed by atoms with Gasteiger partial charge in [0.25, 0.3) is 5.91 Å². The summed E-state index contributed by atoms with van der Waals surface area (Å²) in [7, 11) is 0. The molecule has 6 nitrogen and oxygen atoms in total. The number of furan rings is 1. The molecule has 2 aliphatic heterocycles. The molecular formula is C22H24N4O2S. The van der Waals surface area contributed by atoms with E-state index in [0.717, 1.165) is 28.5 Å². The van der Waals surface area contributed by atoms with Gasteiger partial charge in [0.1, 0.15) is 11.5 Å². The molecule has 7 heteroatoms. The van der Waals surface area contributed by atoms with Crippen LogP contribution >= 0.6 is 11.8 Å². The van der Waals surface area contributed by atoms with Crippen molar-refractivity contribution in [3.05, 3.63) is 65.1 Å². The molecule has 150 valence electrons. The smallest absolute Gasteiger partial charge is 0.276 e. The Labute approximate surface area is 174 Å². The van der Waals surface area contributed by atoms with Gasteiger partial charge in [-0.2, -0.15) is 0 Å². The van der Waals surface area contributed by atoms with Gasteiger partial charge in [-0.05, 0) is 36.8 Å². The summed E-state index contributed by atoms with van der Waals surface area (Å²) in [5.74, 6) is 1.52. The van der Waals surface area contributed by atoms with Crippen LogP contribution in [0.5, 0.6) is 0 Å². The van der Waals surface area contributed by atoms with Crippen molar-refractivity contribution in [3.63, 3.8) is 0 Å². The Bertz CT molecular complexity index is 1040. The number of rotatable bonds is 7. The molecule has 0 spiro atoms. The normalized spacial score (nSPS) is 18.2. The Morgan fingerprint density at radius 3 is 2.93 bits per heavy atom. The maximum Gasteiger partial charge on any atom is 0.276 e. The maximum atomic E-state index is 12.9. The summed E-state index contributed by atoms with van der Waals surface area (Å²) in [6.07, 6.45) is 9.73. The number of hydrogen-bond donors (Lipinski definition) is 1. The number of fused-ring (bicyclic) bond motifs is 2. The Kier molecular flexibility index (Phi) is 6.14. The average molecular weight is 409 g/mol. The number of thioether (sulfide) groups is 1. The van der Waals surface area contributed by atoms with Gasteiger partial charge in [-0.25, -0.2) is 5.01 Å². The van der Waals surface area contributed by atoms with Crippen molar-refractivity contribution in [2.75, 3.05) is 5.75 Å². The zero-order chi connectivity index (χ0) is 20.1. The molecule has 2 aromatic rings. The molecule has 0 saturated carbocycles. The van der Waals surface area contributed by atoms with Crippen LogP contribution in [0.15, 0.2) is 63.2 Å². The van der Waals surface area contributed by atoms with Crippen molar-refractivity contribution >= 4 is 34.6 Å². The van der Waals surface area contributed by atoms with Gasteiger partial charge >= 0.3 is 0 Å². The van der Waals surface area contributed by atoms with Crippen molar-refractivity contribution in [2.45, 2.75) is 38.8 Å². The standard InChI is InChI=1S/C22H24N4O2S/c1-2-3-4-7-15-29-22-24-21(27)20-17-10-5-6-11-18(17)23-19(26(20)25-22)13-12-16-9-8-14-28-16/h5-6,8-14,19H,2-4,7,15H2,1H3,(H,24,25,27)/b13-12+/t19-/m1/s1. The number of hydrogen-bond acceptors (Lipinski definition) is 6.